The topological polar surface area (TPSA) is 63.1 Å². The van der Waals surface area contributed by atoms with Gasteiger partial charge in [-0.1, -0.05) is 0 Å². The summed E-state index contributed by atoms with van der Waals surface area (Å²) in [5.74, 6) is 2.81. The number of aliphatic imine (C=N–C) groups is 1. The van der Waals surface area contributed by atoms with Crippen LogP contribution in [0.1, 0.15) is 6.42 Å². The lowest BCUT2D eigenvalue weighted by atomic mass is 10.2. The lowest BCUT2D eigenvalue weighted by Gasteiger charge is -2.11. The molecule has 2 N–H and O–H groups in total. The van der Waals surface area contributed by atoms with Gasteiger partial charge in [-0.2, -0.15) is 0 Å². The summed E-state index contributed by atoms with van der Waals surface area (Å²) in [5.41, 5.74) is 2.87. The summed E-state index contributed by atoms with van der Waals surface area (Å²) in [5, 5.41) is 8.94. The van der Waals surface area contributed by atoms with Crippen LogP contribution >= 0.6 is 11.8 Å². The first-order valence-corrected chi connectivity index (χ1v) is 6.13. The fourth-order valence-corrected chi connectivity index (χ4v) is 2.63. The number of fused-ring (bicyclic) bond motifs is 1. The van der Waals surface area contributed by atoms with Gasteiger partial charge in [0.15, 0.2) is 0 Å². The van der Waals surface area contributed by atoms with Crippen molar-refractivity contribution in [3.63, 3.8) is 0 Å². The molecule has 2 rings (SSSR count). The lowest BCUT2D eigenvalue weighted by molar-refractivity contribution is 0.232. The van der Waals surface area contributed by atoms with Gasteiger partial charge in [-0.25, -0.2) is 4.99 Å². The normalized spacial score (nSPS) is 14.4. The van der Waals surface area contributed by atoms with Gasteiger partial charge in [0, 0.05) is 24.3 Å². The Balaban J connectivity index is 2.52. The Morgan fingerprint density at radius 3 is 2.82 bits per heavy atom. The minimum absolute atomic E-state index is 0.548. The zero-order chi connectivity index (χ0) is 12.3. The predicted octanol–water partition coefficient (Wildman–Crippen LogP) is 2.21. The van der Waals surface area contributed by atoms with Crippen molar-refractivity contribution in [3.05, 3.63) is 12.1 Å². The Morgan fingerprint density at radius 2 is 2.18 bits per heavy atom. The molecule has 0 aliphatic carbocycles. The summed E-state index contributed by atoms with van der Waals surface area (Å²) in [6, 6.07) is 3.66. The van der Waals surface area contributed by atoms with Crippen LogP contribution in [0, 0.1) is 0 Å². The van der Waals surface area contributed by atoms with Crippen LogP contribution in [0.25, 0.3) is 0 Å². The number of amidine groups is 1. The van der Waals surface area contributed by atoms with E-state index >= 15 is 0 Å². The molecule has 0 radical (unpaired) electrons. The van der Waals surface area contributed by atoms with E-state index in [1.54, 1.807) is 26.0 Å². The van der Waals surface area contributed by atoms with Crippen LogP contribution in [0.15, 0.2) is 22.0 Å². The minimum atomic E-state index is 0.548. The molecule has 5 nitrogen and oxygen atoms in total. The van der Waals surface area contributed by atoms with Crippen molar-refractivity contribution in [2.24, 2.45) is 4.99 Å². The molecule has 1 heterocycles. The largest absolute Gasteiger partial charge is 0.497 e. The Morgan fingerprint density at radius 1 is 1.35 bits per heavy atom. The highest BCUT2D eigenvalue weighted by Crippen LogP contribution is 2.42. The van der Waals surface area contributed by atoms with Gasteiger partial charge in [0.1, 0.15) is 17.3 Å². The first kappa shape index (κ1) is 12.1. The van der Waals surface area contributed by atoms with Crippen molar-refractivity contribution >= 4 is 23.3 Å². The van der Waals surface area contributed by atoms with Crippen LogP contribution < -0.4 is 15.0 Å². The number of ether oxygens (including phenoxy) is 2. The third kappa shape index (κ3) is 2.48. The lowest BCUT2D eigenvalue weighted by Crippen LogP contribution is -2.18. The first-order valence-electron chi connectivity index (χ1n) is 5.15. The van der Waals surface area contributed by atoms with E-state index in [0.717, 1.165) is 22.1 Å². The second kappa shape index (κ2) is 5.29. The maximum atomic E-state index is 8.94. The molecule has 0 saturated heterocycles. The number of nitrogens with zero attached hydrogens (tertiary/aromatic N) is 1. The number of hydrogen-bond acceptors (Lipinski definition) is 6. The van der Waals surface area contributed by atoms with Gasteiger partial charge >= 0.3 is 0 Å². The Hall–Kier alpha value is -1.40. The number of thioether (sulfide) groups is 1. The first-order chi connectivity index (χ1) is 8.28. The number of hydroxylamine groups is 1. The molecule has 0 fully saturated rings. The minimum Gasteiger partial charge on any atom is -0.497 e. The monoisotopic (exact) mass is 254 g/mol. The van der Waals surface area contributed by atoms with Gasteiger partial charge in [-0.3, -0.25) is 10.7 Å². The molecule has 1 aromatic rings. The summed E-state index contributed by atoms with van der Waals surface area (Å²) in [6.07, 6.45) is 0.682. The number of rotatable bonds is 2. The molecule has 1 aromatic carbocycles. The third-order valence-electron chi connectivity index (χ3n) is 2.43. The molecular formula is C11H14N2O3S. The number of methoxy groups -OCH3 is 2. The Labute approximate surface area is 104 Å². The second-order valence-electron chi connectivity index (χ2n) is 3.45. The van der Waals surface area contributed by atoms with Crippen molar-refractivity contribution < 1.29 is 14.7 Å². The summed E-state index contributed by atoms with van der Waals surface area (Å²) in [6.45, 7) is 0. The Bertz CT molecular complexity index is 449. The summed E-state index contributed by atoms with van der Waals surface area (Å²) < 4.78 is 10.5. The van der Waals surface area contributed by atoms with E-state index in [1.807, 2.05) is 12.1 Å². The molecule has 92 valence electrons. The summed E-state index contributed by atoms with van der Waals surface area (Å²) >= 11 is 1.65. The van der Waals surface area contributed by atoms with Crippen LogP contribution in [-0.4, -0.2) is 31.0 Å². The van der Waals surface area contributed by atoms with Gasteiger partial charge in [0.25, 0.3) is 0 Å². The van der Waals surface area contributed by atoms with Gasteiger partial charge in [0.05, 0.1) is 24.8 Å². The van der Waals surface area contributed by atoms with Crippen LogP contribution in [-0.2, 0) is 0 Å². The van der Waals surface area contributed by atoms with Crippen molar-refractivity contribution in [1.29, 1.82) is 0 Å². The van der Waals surface area contributed by atoms with Crippen LogP contribution in [0.2, 0.25) is 0 Å². The molecular weight excluding hydrogens is 240 g/mol. The average Bonchev–Trinajstić information content (AvgIpc) is 2.58. The van der Waals surface area contributed by atoms with E-state index in [1.165, 1.54) is 0 Å². The maximum absolute atomic E-state index is 8.94. The highest BCUT2D eigenvalue weighted by molar-refractivity contribution is 7.99. The Kier molecular flexibility index (Phi) is 3.75. The number of nitrogens with one attached hydrogen (secondary N) is 1. The molecule has 0 atom stereocenters. The van der Waals surface area contributed by atoms with E-state index in [2.05, 4.69) is 10.5 Å². The van der Waals surface area contributed by atoms with E-state index in [4.69, 9.17) is 14.7 Å². The van der Waals surface area contributed by atoms with Gasteiger partial charge in [-0.15, -0.1) is 11.8 Å². The van der Waals surface area contributed by atoms with Gasteiger partial charge in [0.2, 0.25) is 0 Å². The predicted molar refractivity (Wildman–Crippen MR) is 66.9 cm³/mol. The fraction of sp³-hybridized carbons (Fsp3) is 0.364. The van der Waals surface area contributed by atoms with Crippen molar-refractivity contribution in [2.45, 2.75) is 11.3 Å². The molecule has 0 aromatic heterocycles. The number of hydrogen-bond donors (Lipinski definition) is 2. The molecule has 6 heteroatoms. The highest BCUT2D eigenvalue weighted by Gasteiger charge is 2.16. The standard InChI is InChI=1S/C11H14N2O3S/c1-15-7-5-8-11(9(6-7)16-2)17-4-3-10(12-8)13-14/h5-6,14H,3-4H2,1-2H3,(H,12,13). The number of benzene rings is 1. The third-order valence-corrected chi connectivity index (χ3v) is 3.54. The molecule has 0 amide bonds. The quantitative estimate of drug-likeness (QED) is 0.792. The zero-order valence-corrected chi connectivity index (χ0v) is 10.5. The van der Waals surface area contributed by atoms with E-state index in [9.17, 15) is 0 Å². The average molecular weight is 254 g/mol. The van der Waals surface area contributed by atoms with Crippen LogP contribution in [0.3, 0.4) is 0 Å². The SMILES string of the molecule is COc1cc2c(c(OC)c1)SCCC(NO)=N2. The van der Waals surface area contributed by atoms with Gasteiger partial charge in [-0.05, 0) is 0 Å². The van der Waals surface area contributed by atoms with Crippen LogP contribution in [0.4, 0.5) is 5.69 Å². The second-order valence-corrected chi connectivity index (χ2v) is 4.55. The summed E-state index contributed by atoms with van der Waals surface area (Å²) in [7, 11) is 3.22. The molecule has 0 saturated carbocycles. The zero-order valence-electron chi connectivity index (χ0n) is 9.69. The molecule has 0 bridgehead atoms. The van der Waals surface area contributed by atoms with Gasteiger partial charge < -0.3 is 9.47 Å². The van der Waals surface area contributed by atoms with E-state index in [-0.39, 0.29) is 0 Å². The van der Waals surface area contributed by atoms with E-state index < -0.39 is 0 Å². The van der Waals surface area contributed by atoms with E-state index in [0.29, 0.717) is 18.0 Å². The molecule has 0 unspecified atom stereocenters. The smallest absolute Gasteiger partial charge is 0.138 e. The van der Waals surface area contributed by atoms with Crippen molar-refractivity contribution in [2.75, 3.05) is 20.0 Å². The van der Waals surface area contributed by atoms with Crippen molar-refractivity contribution in [1.82, 2.24) is 5.48 Å². The molecule has 1 aliphatic heterocycles. The molecule has 0 spiro atoms. The molecule has 1 aliphatic rings. The highest BCUT2D eigenvalue weighted by atomic mass is 32.2. The van der Waals surface area contributed by atoms with Crippen LogP contribution in [0.5, 0.6) is 11.5 Å². The molecule has 17 heavy (non-hydrogen) atoms. The maximum Gasteiger partial charge on any atom is 0.138 e. The fourth-order valence-electron chi connectivity index (χ4n) is 1.59. The van der Waals surface area contributed by atoms with Crippen molar-refractivity contribution in [3.8, 4) is 11.5 Å². The summed E-state index contributed by atoms with van der Waals surface area (Å²) in [4.78, 5) is 5.32.